The number of hydroxylamine groups is 1. The first-order valence-electron chi connectivity index (χ1n) is 11.7. The summed E-state index contributed by atoms with van der Waals surface area (Å²) in [6.07, 6.45) is 2.05. The van der Waals surface area contributed by atoms with Crippen LogP contribution in [0.4, 0.5) is 0 Å². The second kappa shape index (κ2) is 14.0. The van der Waals surface area contributed by atoms with E-state index in [-0.39, 0.29) is 18.1 Å². The number of nitrogens with one attached hydrogen (secondary N) is 2. The average molecular weight is 483 g/mol. The lowest BCUT2D eigenvalue weighted by Crippen LogP contribution is -2.45. The number of carbonyl (C=O) groups excluding carboxylic acids is 4. The smallest absolute Gasteiger partial charge is 0.337 e. The fourth-order valence-corrected chi connectivity index (χ4v) is 3.87. The monoisotopic (exact) mass is 482 g/mol. The second-order valence-electron chi connectivity index (χ2n) is 8.94. The number of ether oxygens (including phenoxy) is 1. The van der Waals surface area contributed by atoms with Gasteiger partial charge in [0.15, 0.2) is 5.78 Å². The van der Waals surface area contributed by atoms with Crippen LogP contribution in [0, 0.1) is 11.8 Å². The molecular weight excluding hydrogens is 448 g/mol. The molecule has 188 valence electrons. The van der Waals surface area contributed by atoms with Crippen LogP contribution >= 0.6 is 0 Å². The van der Waals surface area contributed by atoms with E-state index in [4.69, 9.17) is 5.21 Å². The van der Waals surface area contributed by atoms with Gasteiger partial charge in [-0.1, -0.05) is 56.3 Å². The normalized spacial score (nSPS) is 12.5. The molecule has 0 radical (unpaired) electrons. The standard InChI is InChI=1S/C27H34N2O6/c1-18(2)16-23(25(31)20-12-14-21(15-13-20)27(33)35-3)28-26(32)22(17-24(30)29-34)11-7-10-19-8-5-4-6-9-19/h4-6,8-9,12-15,18,22-23,34H,7,10-11,16-17H2,1-3H3,(H,28,32)(H,29,30). The fourth-order valence-electron chi connectivity index (χ4n) is 3.87. The van der Waals surface area contributed by atoms with Crippen molar-refractivity contribution in [2.45, 2.75) is 52.0 Å². The number of hydrogen-bond donors (Lipinski definition) is 3. The van der Waals surface area contributed by atoms with Crippen LogP contribution in [0.25, 0.3) is 0 Å². The number of amides is 2. The molecule has 2 rings (SSSR count). The first kappa shape index (κ1) is 27.7. The Morgan fingerprint density at radius 3 is 2.14 bits per heavy atom. The van der Waals surface area contributed by atoms with Crippen molar-refractivity contribution in [3.63, 3.8) is 0 Å². The summed E-state index contributed by atoms with van der Waals surface area (Å²) in [6, 6.07) is 15.1. The van der Waals surface area contributed by atoms with Gasteiger partial charge in [0.1, 0.15) is 0 Å². The maximum absolute atomic E-state index is 13.2. The van der Waals surface area contributed by atoms with Gasteiger partial charge >= 0.3 is 5.97 Å². The molecule has 0 aromatic heterocycles. The Bertz CT molecular complexity index is 988. The van der Waals surface area contributed by atoms with Crippen LogP contribution in [-0.2, 0) is 20.7 Å². The molecule has 0 aliphatic heterocycles. The molecule has 2 atom stereocenters. The lowest BCUT2D eigenvalue weighted by atomic mass is 9.92. The number of aryl methyl sites for hydroxylation is 1. The van der Waals surface area contributed by atoms with Gasteiger partial charge < -0.3 is 10.1 Å². The van der Waals surface area contributed by atoms with Crippen LogP contribution in [0.15, 0.2) is 54.6 Å². The van der Waals surface area contributed by atoms with E-state index < -0.39 is 29.7 Å². The van der Waals surface area contributed by atoms with Crippen molar-refractivity contribution < 1.29 is 29.1 Å². The van der Waals surface area contributed by atoms with Gasteiger partial charge in [0.2, 0.25) is 11.8 Å². The van der Waals surface area contributed by atoms with Gasteiger partial charge in [0, 0.05) is 17.9 Å². The minimum absolute atomic E-state index is 0.121. The van der Waals surface area contributed by atoms with Crippen molar-refractivity contribution in [3.05, 3.63) is 71.3 Å². The molecule has 2 unspecified atom stereocenters. The molecule has 35 heavy (non-hydrogen) atoms. The first-order chi connectivity index (χ1) is 16.7. The van der Waals surface area contributed by atoms with Crippen molar-refractivity contribution in [1.29, 1.82) is 0 Å². The number of rotatable bonds is 13. The molecule has 0 aliphatic carbocycles. The summed E-state index contributed by atoms with van der Waals surface area (Å²) in [6.45, 7) is 3.90. The zero-order valence-electron chi connectivity index (χ0n) is 20.5. The third kappa shape index (κ3) is 8.98. The highest BCUT2D eigenvalue weighted by atomic mass is 16.5. The minimum Gasteiger partial charge on any atom is -0.465 e. The summed E-state index contributed by atoms with van der Waals surface area (Å²) in [7, 11) is 1.28. The second-order valence-corrected chi connectivity index (χ2v) is 8.94. The summed E-state index contributed by atoms with van der Waals surface area (Å²) in [5.74, 6) is -2.43. The predicted octanol–water partition coefficient (Wildman–Crippen LogP) is 3.72. The van der Waals surface area contributed by atoms with Crippen molar-refractivity contribution in [2.24, 2.45) is 11.8 Å². The summed E-state index contributed by atoms with van der Waals surface area (Å²) < 4.78 is 4.69. The zero-order valence-corrected chi connectivity index (χ0v) is 20.5. The van der Waals surface area contributed by atoms with E-state index in [9.17, 15) is 19.2 Å². The summed E-state index contributed by atoms with van der Waals surface area (Å²) >= 11 is 0. The largest absolute Gasteiger partial charge is 0.465 e. The lowest BCUT2D eigenvalue weighted by molar-refractivity contribution is -0.135. The van der Waals surface area contributed by atoms with Gasteiger partial charge in [0.25, 0.3) is 0 Å². The Morgan fingerprint density at radius 2 is 1.57 bits per heavy atom. The van der Waals surface area contributed by atoms with Crippen LogP contribution in [0.5, 0.6) is 0 Å². The topological polar surface area (TPSA) is 122 Å². The van der Waals surface area contributed by atoms with Crippen LogP contribution in [0.2, 0.25) is 0 Å². The maximum atomic E-state index is 13.2. The van der Waals surface area contributed by atoms with E-state index >= 15 is 0 Å². The molecule has 0 bridgehead atoms. The summed E-state index contributed by atoms with van der Waals surface area (Å²) in [5.41, 5.74) is 3.39. The van der Waals surface area contributed by atoms with Gasteiger partial charge in [-0.2, -0.15) is 0 Å². The number of Topliss-reactive ketones (excluding diaryl/α,β-unsaturated/α-hetero) is 1. The number of benzene rings is 2. The summed E-state index contributed by atoms with van der Waals surface area (Å²) in [5, 5.41) is 11.8. The first-order valence-corrected chi connectivity index (χ1v) is 11.7. The van der Waals surface area contributed by atoms with Crippen LogP contribution in [0.3, 0.4) is 0 Å². The van der Waals surface area contributed by atoms with Crippen molar-refractivity contribution >= 4 is 23.6 Å². The highest BCUT2D eigenvalue weighted by molar-refractivity contribution is 6.03. The number of methoxy groups -OCH3 is 1. The Hall–Kier alpha value is -3.52. The Morgan fingerprint density at radius 1 is 0.943 bits per heavy atom. The Balaban J connectivity index is 2.13. The van der Waals surface area contributed by atoms with E-state index in [1.807, 2.05) is 44.2 Å². The van der Waals surface area contributed by atoms with Crippen LogP contribution < -0.4 is 10.8 Å². The lowest BCUT2D eigenvalue weighted by Gasteiger charge is -2.23. The van der Waals surface area contributed by atoms with E-state index in [0.29, 0.717) is 30.4 Å². The van der Waals surface area contributed by atoms with Crippen LogP contribution in [0.1, 0.15) is 65.8 Å². The van der Waals surface area contributed by atoms with Gasteiger partial charge in [-0.25, -0.2) is 10.3 Å². The Kier molecular flexibility index (Phi) is 11.1. The number of ketones is 1. The molecule has 2 aromatic carbocycles. The van der Waals surface area contributed by atoms with Crippen molar-refractivity contribution in [3.8, 4) is 0 Å². The molecule has 0 aliphatic rings. The minimum atomic E-state index is -0.791. The number of carbonyl (C=O) groups is 4. The molecule has 8 nitrogen and oxygen atoms in total. The van der Waals surface area contributed by atoms with Gasteiger partial charge in [-0.15, -0.1) is 0 Å². The summed E-state index contributed by atoms with van der Waals surface area (Å²) in [4.78, 5) is 49.9. The highest BCUT2D eigenvalue weighted by Crippen LogP contribution is 2.18. The number of esters is 1. The Labute approximate surface area is 206 Å². The highest BCUT2D eigenvalue weighted by Gasteiger charge is 2.28. The average Bonchev–Trinajstić information content (AvgIpc) is 2.87. The zero-order chi connectivity index (χ0) is 25.8. The van der Waals surface area contributed by atoms with E-state index in [2.05, 4.69) is 10.1 Å². The van der Waals surface area contributed by atoms with E-state index in [1.165, 1.54) is 31.4 Å². The fraction of sp³-hybridized carbons (Fsp3) is 0.407. The van der Waals surface area contributed by atoms with E-state index in [1.54, 1.807) is 5.48 Å². The van der Waals surface area contributed by atoms with Crippen molar-refractivity contribution in [1.82, 2.24) is 10.8 Å². The molecule has 3 N–H and O–H groups in total. The predicted molar refractivity (Wildman–Crippen MR) is 131 cm³/mol. The third-order valence-electron chi connectivity index (χ3n) is 5.72. The molecule has 0 heterocycles. The molecule has 0 saturated carbocycles. The SMILES string of the molecule is COC(=O)c1ccc(C(=O)C(CC(C)C)NC(=O)C(CCCc2ccccc2)CC(=O)NO)cc1. The van der Waals surface area contributed by atoms with Gasteiger partial charge in [0.05, 0.1) is 18.7 Å². The molecule has 2 aromatic rings. The quantitative estimate of drug-likeness (QED) is 0.173. The molecule has 0 spiro atoms. The molecule has 8 heteroatoms. The van der Waals surface area contributed by atoms with Crippen LogP contribution in [-0.4, -0.2) is 41.9 Å². The van der Waals surface area contributed by atoms with Gasteiger partial charge in [-0.05, 0) is 49.3 Å². The molecular formula is C27H34N2O6. The van der Waals surface area contributed by atoms with E-state index in [0.717, 1.165) is 12.0 Å². The van der Waals surface area contributed by atoms with Gasteiger partial charge in [-0.3, -0.25) is 19.6 Å². The molecule has 0 fully saturated rings. The third-order valence-corrected chi connectivity index (χ3v) is 5.72. The molecule has 0 saturated heterocycles. The van der Waals surface area contributed by atoms with Crippen molar-refractivity contribution in [2.75, 3.05) is 7.11 Å². The maximum Gasteiger partial charge on any atom is 0.337 e. The molecule has 2 amide bonds. The number of hydrogen-bond acceptors (Lipinski definition) is 6.